The van der Waals surface area contributed by atoms with Crippen molar-refractivity contribution >= 4 is 23.0 Å². The van der Waals surface area contributed by atoms with Crippen LogP contribution in [0, 0.1) is 19.7 Å². The number of aromatic nitrogens is 2. The molecule has 3 heterocycles. The Kier molecular flexibility index (Phi) is 6.04. The Labute approximate surface area is 211 Å². The van der Waals surface area contributed by atoms with E-state index in [4.69, 9.17) is 12.2 Å². The fraction of sp³-hybridized carbons (Fsp3) is 0.185. The van der Waals surface area contributed by atoms with E-state index in [1.165, 1.54) is 24.3 Å². The number of rotatable bonds is 4. The molecule has 4 nitrogen and oxygen atoms in total. The summed E-state index contributed by atoms with van der Waals surface area (Å²) in [5.74, 6) is -0.378. The zero-order valence-electron chi connectivity index (χ0n) is 19.4. The van der Waals surface area contributed by atoms with E-state index >= 15 is 0 Å². The maximum atomic E-state index is 13.9. The monoisotopic (exact) mass is 510 g/mol. The molecule has 0 unspecified atom stereocenters. The van der Waals surface area contributed by atoms with Gasteiger partial charge < -0.3 is 14.8 Å². The van der Waals surface area contributed by atoms with E-state index in [0.29, 0.717) is 22.2 Å². The Balaban J connectivity index is 1.70. The second kappa shape index (κ2) is 9.05. The number of para-hydroxylation sites is 1. The van der Waals surface area contributed by atoms with Crippen molar-refractivity contribution in [1.82, 2.24) is 14.9 Å². The smallest absolute Gasteiger partial charge is 0.351 e. The Morgan fingerprint density at radius 2 is 1.64 bits per heavy atom. The molecular formula is C27H22F4N4S. The van der Waals surface area contributed by atoms with Crippen LogP contribution in [0.25, 0.3) is 5.69 Å². The summed E-state index contributed by atoms with van der Waals surface area (Å²) < 4.78 is 56.9. The Morgan fingerprint density at radius 1 is 0.944 bits per heavy atom. The number of hydrogen-bond acceptors (Lipinski definition) is 2. The van der Waals surface area contributed by atoms with E-state index in [1.54, 1.807) is 42.8 Å². The van der Waals surface area contributed by atoms with Crippen molar-refractivity contribution in [2.45, 2.75) is 32.1 Å². The lowest BCUT2D eigenvalue weighted by atomic mass is 9.96. The SMILES string of the molecule is Cc1cc([C@H]2[C@H](c3ccccn3)NC(=S)N2c2ccc(F)cc2)c(C)n1-c1ccccc1C(F)(F)F. The van der Waals surface area contributed by atoms with Gasteiger partial charge in [-0.25, -0.2) is 4.39 Å². The highest BCUT2D eigenvalue weighted by Gasteiger charge is 2.43. The number of aryl methyl sites for hydroxylation is 1. The maximum Gasteiger partial charge on any atom is 0.418 e. The van der Waals surface area contributed by atoms with Gasteiger partial charge in [0.25, 0.3) is 0 Å². The molecular weight excluding hydrogens is 488 g/mol. The summed E-state index contributed by atoms with van der Waals surface area (Å²) in [6.45, 7) is 3.58. The molecule has 5 rings (SSSR count). The normalized spacial score (nSPS) is 17.9. The van der Waals surface area contributed by atoms with Crippen molar-refractivity contribution in [3.05, 3.63) is 113 Å². The quantitative estimate of drug-likeness (QED) is 0.241. The number of pyridine rings is 1. The predicted octanol–water partition coefficient (Wildman–Crippen LogP) is 6.82. The fourth-order valence-corrected chi connectivity index (χ4v) is 5.26. The summed E-state index contributed by atoms with van der Waals surface area (Å²) in [4.78, 5) is 6.38. The number of halogens is 4. The highest BCUT2D eigenvalue weighted by molar-refractivity contribution is 7.80. The van der Waals surface area contributed by atoms with E-state index in [2.05, 4.69) is 10.3 Å². The summed E-state index contributed by atoms with van der Waals surface area (Å²) in [7, 11) is 0. The van der Waals surface area contributed by atoms with Crippen LogP contribution in [0.1, 0.15) is 40.3 Å². The summed E-state index contributed by atoms with van der Waals surface area (Å²) >= 11 is 5.69. The first-order valence-corrected chi connectivity index (χ1v) is 11.7. The molecule has 9 heteroatoms. The third kappa shape index (κ3) is 4.13. The molecule has 36 heavy (non-hydrogen) atoms. The van der Waals surface area contributed by atoms with Crippen molar-refractivity contribution in [2.24, 2.45) is 0 Å². The van der Waals surface area contributed by atoms with Crippen molar-refractivity contribution in [3.63, 3.8) is 0 Å². The number of nitrogens with one attached hydrogen (secondary N) is 1. The molecule has 2 aromatic carbocycles. The van der Waals surface area contributed by atoms with Crippen LogP contribution in [-0.2, 0) is 6.18 Å². The summed E-state index contributed by atoms with van der Waals surface area (Å²) in [5, 5.41) is 3.74. The number of anilines is 1. The molecule has 4 aromatic rings. The van der Waals surface area contributed by atoms with E-state index < -0.39 is 17.8 Å². The maximum absolute atomic E-state index is 13.9. The summed E-state index contributed by atoms with van der Waals surface area (Å²) in [6.07, 6.45) is -2.83. The first kappa shape index (κ1) is 24.0. The number of alkyl halides is 3. The molecule has 1 saturated heterocycles. The zero-order valence-corrected chi connectivity index (χ0v) is 20.2. The van der Waals surface area contributed by atoms with Crippen LogP contribution >= 0.6 is 12.2 Å². The molecule has 0 aliphatic carbocycles. The van der Waals surface area contributed by atoms with Crippen LogP contribution in [-0.4, -0.2) is 14.7 Å². The standard InChI is InChI=1S/C27H22F4N4S/c1-16-15-20(17(2)34(16)23-9-4-3-7-21(23)27(29,30)31)25-24(22-8-5-6-14-32-22)33-26(36)35(25)19-12-10-18(28)11-13-19/h3-15,24-25H,1-2H3,(H,33,36)/t24-,25-/m0/s1. The molecule has 0 bridgehead atoms. The van der Waals surface area contributed by atoms with Gasteiger partial charge in [0, 0.05) is 23.3 Å². The highest BCUT2D eigenvalue weighted by atomic mass is 32.1. The third-order valence-corrected chi connectivity index (χ3v) is 6.76. The highest BCUT2D eigenvalue weighted by Crippen LogP contribution is 2.44. The van der Waals surface area contributed by atoms with Gasteiger partial charge in [0.2, 0.25) is 0 Å². The van der Waals surface area contributed by atoms with E-state index in [0.717, 1.165) is 17.3 Å². The first-order valence-electron chi connectivity index (χ1n) is 11.3. The zero-order chi connectivity index (χ0) is 25.6. The summed E-state index contributed by atoms with van der Waals surface area (Å²) in [5.41, 5.74) is 2.83. The number of hydrogen-bond donors (Lipinski definition) is 1. The lowest BCUT2D eigenvalue weighted by Gasteiger charge is -2.28. The van der Waals surface area contributed by atoms with E-state index in [-0.39, 0.29) is 17.5 Å². The Bertz CT molecular complexity index is 1410. The van der Waals surface area contributed by atoms with Gasteiger partial charge in [0.05, 0.1) is 29.0 Å². The topological polar surface area (TPSA) is 33.1 Å². The second-order valence-electron chi connectivity index (χ2n) is 8.65. The molecule has 0 saturated carbocycles. The van der Waals surface area contributed by atoms with Crippen molar-refractivity contribution < 1.29 is 17.6 Å². The van der Waals surface area contributed by atoms with Crippen molar-refractivity contribution in [2.75, 3.05) is 4.90 Å². The van der Waals surface area contributed by atoms with Gasteiger partial charge in [-0.1, -0.05) is 18.2 Å². The van der Waals surface area contributed by atoms with Crippen LogP contribution in [0.15, 0.2) is 79.0 Å². The molecule has 0 amide bonds. The van der Waals surface area contributed by atoms with Gasteiger partial charge in [-0.3, -0.25) is 4.98 Å². The molecule has 2 atom stereocenters. The van der Waals surface area contributed by atoms with Gasteiger partial charge in [-0.2, -0.15) is 13.2 Å². The minimum atomic E-state index is -4.51. The van der Waals surface area contributed by atoms with Gasteiger partial charge in [-0.05, 0) is 86.2 Å². The van der Waals surface area contributed by atoms with Crippen molar-refractivity contribution in [3.8, 4) is 5.69 Å². The largest absolute Gasteiger partial charge is 0.418 e. The molecule has 0 spiro atoms. The third-order valence-electron chi connectivity index (χ3n) is 6.44. The average Bonchev–Trinajstić information content (AvgIpc) is 3.34. The van der Waals surface area contributed by atoms with E-state index in [1.807, 2.05) is 29.2 Å². The number of thiocarbonyl (C=S) groups is 1. The molecule has 184 valence electrons. The van der Waals surface area contributed by atoms with E-state index in [9.17, 15) is 17.6 Å². The van der Waals surface area contributed by atoms with Crippen LogP contribution in [0.4, 0.5) is 23.2 Å². The van der Waals surface area contributed by atoms with Crippen molar-refractivity contribution in [1.29, 1.82) is 0 Å². The molecule has 1 fully saturated rings. The molecule has 2 aromatic heterocycles. The lowest BCUT2D eigenvalue weighted by Crippen LogP contribution is -2.29. The van der Waals surface area contributed by atoms with Gasteiger partial charge in [-0.15, -0.1) is 0 Å². The number of benzene rings is 2. The molecule has 1 aliphatic heterocycles. The van der Waals surface area contributed by atoms with Crippen LogP contribution in [0.2, 0.25) is 0 Å². The number of nitrogens with zero attached hydrogens (tertiary/aromatic N) is 3. The summed E-state index contributed by atoms with van der Waals surface area (Å²) in [6, 6.07) is 18.1. The Hall–Kier alpha value is -3.72. The minimum Gasteiger partial charge on any atom is -0.351 e. The van der Waals surface area contributed by atoms with Gasteiger partial charge >= 0.3 is 6.18 Å². The lowest BCUT2D eigenvalue weighted by molar-refractivity contribution is -0.137. The first-order chi connectivity index (χ1) is 17.2. The second-order valence-corrected chi connectivity index (χ2v) is 9.04. The van der Waals surface area contributed by atoms with Gasteiger partial charge in [0.1, 0.15) is 5.82 Å². The average molecular weight is 511 g/mol. The Morgan fingerprint density at radius 3 is 2.31 bits per heavy atom. The molecule has 1 N–H and O–H groups in total. The predicted molar refractivity (Wildman–Crippen MR) is 135 cm³/mol. The van der Waals surface area contributed by atoms with Crippen LogP contribution < -0.4 is 10.2 Å². The minimum absolute atomic E-state index is 0.0579. The fourth-order valence-electron chi connectivity index (χ4n) is 4.92. The van der Waals surface area contributed by atoms with Crippen LogP contribution in [0.5, 0.6) is 0 Å². The van der Waals surface area contributed by atoms with Gasteiger partial charge in [0.15, 0.2) is 5.11 Å². The van der Waals surface area contributed by atoms with Crippen LogP contribution in [0.3, 0.4) is 0 Å². The molecule has 0 radical (unpaired) electrons. The molecule has 1 aliphatic rings.